The highest BCUT2D eigenvalue weighted by atomic mass is 16.6. The first-order chi connectivity index (χ1) is 13.4. The minimum Gasteiger partial charge on any atom is -0.489 e. The van der Waals surface area contributed by atoms with Crippen LogP contribution in [0.25, 0.3) is 22.3 Å². The molecular formula is C21H24N4O3. The molecule has 7 nitrogen and oxygen atoms in total. The van der Waals surface area contributed by atoms with Crippen LogP contribution in [0.4, 0.5) is 4.79 Å². The molecule has 0 aliphatic carbocycles. The summed E-state index contributed by atoms with van der Waals surface area (Å²) in [5.74, 6) is 0.671. The van der Waals surface area contributed by atoms with Crippen molar-refractivity contribution in [3.05, 3.63) is 42.9 Å². The lowest BCUT2D eigenvalue weighted by atomic mass is 10.1. The number of nitrogens with zero attached hydrogens (tertiary/aromatic N) is 3. The second-order valence-corrected chi connectivity index (χ2v) is 7.92. The average molecular weight is 380 g/mol. The molecule has 28 heavy (non-hydrogen) atoms. The van der Waals surface area contributed by atoms with Gasteiger partial charge in [0.15, 0.2) is 0 Å². The molecule has 0 saturated carbocycles. The van der Waals surface area contributed by atoms with Crippen LogP contribution < -0.4 is 4.74 Å². The number of carbonyl (C=O) groups is 1. The van der Waals surface area contributed by atoms with E-state index in [-0.39, 0.29) is 12.1 Å². The third kappa shape index (κ3) is 3.78. The molecule has 0 aromatic carbocycles. The van der Waals surface area contributed by atoms with E-state index in [1.807, 2.05) is 45.0 Å². The number of ether oxygens (including phenoxy) is 2. The Balaban J connectivity index is 1.47. The van der Waals surface area contributed by atoms with Gasteiger partial charge in [-0.15, -0.1) is 0 Å². The van der Waals surface area contributed by atoms with Gasteiger partial charge in [-0.25, -0.2) is 4.79 Å². The maximum atomic E-state index is 12.3. The highest BCUT2D eigenvalue weighted by Crippen LogP contribution is 2.31. The Morgan fingerprint density at radius 2 is 2.18 bits per heavy atom. The molecule has 146 valence electrons. The smallest absolute Gasteiger partial charge is 0.410 e. The van der Waals surface area contributed by atoms with Crippen molar-refractivity contribution in [2.24, 2.45) is 0 Å². The van der Waals surface area contributed by atoms with Crippen molar-refractivity contribution in [3.63, 3.8) is 0 Å². The zero-order valence-electron chi connectivity index (χ0n) is 16.3. The highest BCUT2D eigenvalue weighted by molar-refractivity contribution is 5.83. The van der Waals surface area contributed by atoms with Crippen LogP contribution in [0.15, 0.2) is 42.9 Å². The lowest BCUT2D eigenvalue weighted by Crippen LogP contribution is -2.55. The molecule has 3 aromatic rings. The van der Waals surface area contributed by atoms with Crippen LogP contribution in [0, 0.1) is 0 Å². The molecular weight excluding hydrogens is 356 g/mol. The van der Waals surface area contributed by atoms with Crippen LogP contribution in [0.5, 0.6) is 5.75 Å². The maximum Gasteiger partial charge on any atom is 0.410 e. The Hall–Kier alpha value is -3.09. The third-order valence-electron chi connectivity index (χ3n) is 4.67. The number of H-pyrrole nitrogens is 1. The summed E-state index contributed by atoms with van der Waals surface area (Å²) in [5, 5.41) is 0. The molecule has 0 unspecified atom stereocenters. The summed E-state index contributed by atoms with van der Waals surface area (Å²) in [4.78, 5) is 25.9. The first-order valence-electron chi connectivity index (χ1n) is 9.41. The number of aromatic amines is 1. The van der Waals surface area contributed by atoms with E-state index in [0.29, 0.717) is 18.9 Å². The molecule has 1 N–H and O–H groups in total. The van der Waals surface area contributed by atoms with Gasteiger partial charge in [0, 0.05) is 24.5 Å². The van der Waals surface area contributed by atoms with Crippen LogP contribution in [-0.4, -0.2) is 50.7 Å². The first-order valence-corrected chi connectivity index (χ1v) is 9.41. The number of fused-ring (bicyclic) bond motifs is 1. The predicted octanol–water partition coefficient (Wildman–Crippen LogP) is 4.01. The van der Waals surface area contributed by atoms with Crippen molar-refractivity contribution in [2.75, 3.05) is 13.2 Å². The number of likely N-dealkylation sites (tertiary alicyclic amines) is 1. The van der Waals surface area contributed by atoms with Crippen molar-refractivity contribution in [1.29, 1.82) is 0 Å². The van der Waals surface area contributed by atoms with E-state index in [1.54, 1.807) is 23.5 Å². The fraction of sp³-hybridized carbons (Fsp3) is 0.381. The summed E-state index contributed by atoms with van der Waals surface area (Å²) in [6.45, 7) is 6.70. The van der Waals surface area contributed by atoms with Gasteiger partial charge in [0.05, 0.1) is 29.0 Å². The predicted molar refractivity (Wildman–Crippen MR) is 106 cm³/mol. The van der Waals surface area contributed by atoms with Crippen LogP contribution in [0.3, 0.4) is 0 Å². The first kappa shape index (κ1) is 18.3. The topological polar surface area (TPSA) is 80.3 Å². The fourth-order valence-corrected chi connectivity index (χ4v) is 3.18. The van der Waals surface area contributed by atoms with Gasteiger partial charge in [0.25, 0.3) is 0 Å². The van der Waals surface area contributed by atoms with E-state index >= 15 is 0 Å². The van der Waals surface area contributed by atoms with Crippen molar-refractivity contribution in [2.45, 2.75) is 38.8 Å². The molecule has 7 heteroatoms. The monoisotopic (exact) mass is 380 g/mol. The number of nitrogens with one attached hydrogen (secondary N) is 1. The van der Waals surface area contributed by atoms with Gasteiger partial charge in [-0.2, -0.15) is 0 Å². The van der Waals surface area contributed by atoms with Gasteiger partial charge in [0.1, 0.15) is 18.0 Å². The minimum atomic E-state index is -0.502. The van der Waals surface area contributed by atoms with Gasteiger partial charge in [-0.05, 0) is 51.5 Å². The normalized spacial score (nSPS) is 16.7. The van der Waals surface area contributed by atoms with Gasteiger partial charge in [-0.1, -0.05) is 0 Å². The third-order valence-corrected chi connectivity index (χ3v) is 4.67. The zero-order chi connectivity index (χ0) is 19.7. The molecule has 0 radical (unpaired) electrons. The quantitative estimate of drug-likeness (QED) is 0.740. The summed E-state index contributed by atoms with van der Waals surface area (Å²) >= 11 is 0. The van der Waals surface area contributed by atoms with Crippen LogP contribution >= 0.6 is 0 Å². The number of amides is 1. The van der Waals surface area contributed by atoms with E-state index in [1.165, 1.54) is 0 Å². The van der Waals surface area contributed by atoms with E-state index in [9.17, 15) is 4.79 Å². The molecule has 1 fully saturated rings. The number of aromatic nitrogens is 3. The van der Waals surface area contributed by atoms with Crippen molar-refractivity contribution in [1.82, 2.24) is 19.9 Å². The zero-order valence-corrected chi connectivity index (χ0v) is 16.3. The lowest BCUT2D eigenvalue weighted by Gasteiger charge is -2.41. The molecule has 1 saturated heterocycles. The number of pyridine rings is 2. The van der Waals surface area contributed by atoms with Crippen LogP contribution in [0.2, 0.25) is 0 Å². The van der Waals surface area contributed by atoms with Crippen molar-refractivity contribution >= 4 is 17.1 Å². The molecule has 1 aliphatic rings. The largest absolute Gasteiger partial charge is 0.489 e. The van der Waals surface area contributed by atoms with Gasteiger partial charge < -0.3 is 19.4 Å². The Kier molecular flexibility index (Phi) is 4.66. The number of carbonyl (C=O) groups excluding carboxylic acids is 1. The van der Waals surface area contributed by atoms with Gasteiger partial charge in [0.2, 0.25) is 0 Å². The summed E-state index contributed by atoms with van der Waals surface area (Å²) in [6, 6.07) is 7.79. The van der Waals surface area contributed by atoms with Crippen molar-refractivity contribution in [3.8, 4) is 17.0 Å². The minimum absolute atomic E-state index is 0.00675. The Labute approximate surface area is 163 Å². The molecule has 0 spiro atoms. The van der Waals surface area contributed by atoms with Crippen LogP contribution in [0.1, 0.15) is 27.2 Å². The standard InChI is InChI=1S/C21H24N4O3/c1-21(2,3)28-20(26)25-10-7-14(25)13-27-19-12-22-9-6-15(19)17-11-18-16(24-17)5-4-8-23-18/h4-6,8-9,11-12,14,24H,7,10,13H2,1-3H3/t14-/m1/s1. The summed E-state index contributed by atoms with van der Waals surface area (Å²) in [6.07, 6.45) is 5.81. The second kappa shape index (κ2) is 7.14. The Bertz CT molecular complexity index is 959. The van der Waals surface area contributed by atoms with E-state index in [4.69, 9.17) is 9.47 Å². The fourth-order valence-electron chi connectivity index (χ4n) is 3.18. The average Bonchev–Trinajstić information content (AvgIpc) is 3.03. The van der Waals surface area contributed by atoms with Gasteiger partial charge in [-0.3, -0.25) is 9.97 Å². The second-order valence-electron chi connectivity index (χ2n) is 7.92. The Morgan fingerprint density at radius 1 is 1.32 bits per heavy atom. The molecule has 4 heterocycles. The molecule has 1 aliphatic heterocycles. The van der Waals surface area contributed by atoms with E-state index < -0.39 is 5.60 Å². The molecule has 1 atom stereocenters. The van der Waals surface area contributed by atoms with E-state index in [0.717, 1.165) is 28.7 Å². The Morgan fingerprint density at radius 3 is 2.89 bits per heavy atom. The van der Waals surface area contributed by atoms with E-state index in [2.05, 4.69) is 15.0 Å². The molecule has 3 aromatic heterocycles. The molecule has 0 bridgehead atoms. The van der Waals surface area contributed by atoms with Crippen LogP contribution in [-0.2, 0) is 4.74 Å². The number of rotatable bonds is 4. The number of hydrogen-bond acceptors (Lipinski definition) is 5. The summed E-state index contributed by atoms with van der Waals surface area (Å²) in [7, 11) is 0. The number of hydrogen-bond donors (Lipinski definition) is 1. The van der Waals surface area contributed by atoms with Gasteiger partial charge >= 0.3 is 6.09 Å². The van der Waals surface area contributed by atoms with Crippen molar-refractivity contribution < 1.29 is 14.3 Å². The SMILES string of the molecule is CC(C)(C)OC(=O)N1CC[C@@H]1COc1cnccc1-c1cc2ncccc2[nH]1. The summed E-state index contributed by atoms with van der Waals surface area (Å²) in [5.41, 5.74) is 3.20. The lowest BCUT2D eigenvalue weighted by molar-refractivity contribution is -0.0141. The maximum absolute atomic E-state index is 12.3. The highest BCUT2D eigenvalue weighted by Gasteiger charge is 2.35. The summed E-state index contributed by atoms with van der Waals surface area (Å²) < 4.78 is 11.5. The molecule has 4 rings (SSSR count). The molecule has 1 amide bonds.